The van der Waals surface area contributed by atoms with Gasteiger partial charge in [0.2, 0.25) is 0 Å². The van der Waals surface area contributed by atoms with E-state index in [2.05, 4.69) is 26.6 Å². The lowest BCUT2D eigenvalue weighted by molar-refractivity contribution is 0.0996. The molecular weight excluding hydrogens is 547 g/mol. The first kappa shape index (κ1) is 25.4. The maximum Gasteiger partial charge on any atom is 0.291 e. The molecule has 1 aliphatic rings. The van der Waals surface area contributed by atoms with Crippen LogP contribution in [0, 0.1) is 0 Å². The quantitative estimate of drug-likeness (QED) is 0.259. The summed E-state index contributed by atoms with van der Waals surface area (Å²) in [7, 11) is 5.09. The number of benzene rings is 2. The predicted octanol–water partition coefficient (Wildman–Crippen LogP) is 4.30. The van der Waals surface area contributed by atoms with E-state index in [0.717, 1.165) is 42.5 Å². The number of nitrogens with zero attached hydrogens (tertiary/aromatic N) is 2. The van der Waals surface area contributed by atoms with Crippen molar-refractivity contribution in [1.29, 1.82) is 0 Å². The molecule has 0 saturated heterocycles. The van der Waals surface area contributed by atoms with Crippen molar-refractivity contribution in [3.8, 4) is 11.5 Å². The zero-order valence-corrected chi connectivity index (χ0v) is 21.8. The molecule has 0 bridgehead atoms. The van der Waals surface area contributed by atoms with Crippen LogP contribution < -0.4 is 20.1 Å². The van der Waals surface area contributed by atoms with E-state index >= 15 is 0 Å². The summed E-state index contributed by atoms with van der Waals surface area (Å²) in [5.74, 6) is 2.31. The van der Waals surface area contributed by atoms with E-state index in [0.29, 0.717) is 12.2 Å². The molecule has 1 amide bonds. The molecule has 4 rings (SSSR count). The average Bonchev–Trinajstić information content (AvgIpc) is 3.39. The third kappa shape index (κ3) is 5.82. The van der Waals surface area contributed by atoms with E-state index in [4.69, 9.17) is 13.9 Å². The normalized spacial score (nSPS) is 12.9. The van der Waals surface area contributed by atoms with E-state index in [1.165, 1.54) is 17.4 Å². The fourth-order valence-corrected chi connectivity index (χ4v) is 3.94. The van der Waals surface area contributed by atoms with Crippen molar-refractivity contribution < 1.29 is 18.7 Å². The van der Waals surface area contributed by atoms with Gasteiger partial charge in [0, 0.05) is 32.4 Å². The van der Waals surface area contributed by atoms with Crippen molar-refractivity contribution in [2.24, 2.45) is 4.99 Å². The van der Waals surface area contributed by atoms with Crippen LogP contribution in [0.2, 0.25) is 0 Å². The molecular formula is C25H29IN4O4. The van der Waals surface area contributed by atoms with E-state index in [-0.39, 0.29) is 35.6 Å². The SMILES string of the molecule is CN=C(NCc1cccc(NC(=O)c2ccco2)c1)N1CCc2cc(OC)c(OC)cc2C1.I. The summed E-state index contributed by atoms with van der Waals surface area (Å²) in [6.45, 7) is 2.16. The van der Waals surface area contributed by atoms with E-state index in [1.807, 2.05) is 30.3 Å². The highest BCUT2D eigenvalue weighted by Gasteiger charge is 2.21. The van der Waals surface area contributed by atoms with Gasteiger partial charge in [-0.05, 0) is 59.5 Å². The number of rotatable bonds is 6. The van der Waals surface area contributed by atoms with Gasteiger partial charge in [-0.1, -0.05) is 12.1 Å². The van der Waals surface area contributed by atoms with Crippen LogP contribution in [0.5, 0.6) is 11.5 Å². The number of guanidine groups is 1. The second-order valence-electron chi connectivity index (χ2n) is 7.68. The largest absolute Gasteiger partial charge is 0.493 e. The second-order valence-corrected chi connectivity index (χ2v) is 7.68. The number of furan rings is 1. The molecule has 0 atom stereocenters. The number of carbonyl (C=O) groups excluding carboxylic acids is 1. The minimum Gasteiger partial charge on any atom is -0.493 e. The highest BCUT2D eigenvalue weighted by Crippen LogP contribution is 2.33. The number of anilines is 1. The summed E-state index contributed by atoms with van der Waals surface area (Å²) in [5.41, 5.74) is 4.19. The Bertz CT molecular complexity index is 1150. The van der Waals surface area contributed by atoms with Crippen LogP contribution in [-0.2, 0) is 19.5 Å². The Morgan fingerprint density at radius 1 is 1.09 bits per heavy atom. The van der Waals surface area contributed by atoms with Crippen LogP contribution in [0.1, 0.15) is 27.2 Å². The maximum absolute atomic E-state index is 12.2. The zero-order valence-electron chi connectivity index (χ0n) is 19.5. The average molecular weight is 576 g/mol. The van der Waals surface area contributed by atoms with E-state index < -0.39 is 0 Å². The molecule has 0 fully saturated rings. The summed E-state index contributed by atoms with van der Waals surface area (Å²) in [6.07, 6.45) is 2.37. The monoisotopic (exact) mass is 576 g/mol. The van der Waals surface area contributed by atoms with Gasteiger partial charge in [-0.25, -0.2) is 0 Å². The Morgan fingerprint density at radius 2 is 1.85 bits per heavy atom. The van der Waals surface area contributed by atoms with Crippen LogP contribution in [0.4, 0.5) is 5.69 Å². The van der Waals surface area contributed by atoms with Crippen LogP contribution in [0.25, 0.3) is 0 Å². The van der Waals surface area contributed by atoms with Crippen molar-refractivity contribution in [3.63, 3.8) is 0 Å². The second kappa shape index (κ2) is 11.8. The number of hydrogen-bond donors (Lipinski definition) is 2. The molecule has 1 aliphatic heterocycles. The summed E-state index contributed by atoms with van der Waals surface area (Å²) in [4.78, 5) is 18.9. The zero-order chi connectivity index (χ0) is 23.2. The van der Waals surface area contributed by atoms with Gasteiger partial charge >= 0.3 is 0 Å². The van der Waals surface area contributed by atoms with Crippen molar-refractivity contribution in [3.05, 3.63) is 77.2 Å². The smallest absolute Gasteiger partial charge is 0.291 e. The van der Waals surface area contributed by atoms with Gasteiger partial charge in [-0.3, -0.25) is 9.79 Å². The summed E-state index contributed by atoms with van der Waals surface area (Å²) in [6, 6.07) is 15.1. The van der Waals surface area contributed by atoms with E-state index in [9.17, 15) is 4.79 Å². The molecule has 9 heteroatoms. The van der Waals surface area contributed by atoms with Gasteiger partial charge in [0.05, 0.1) is 20.5 Å². The molecule has 0 unspecified atom stereocenters. The third-order valence-corrected chi connectivity index (χ3v) is 5.61. The molecule has 3 aromatic rings. The standard InChI is InChI=1S/C25H28N4O4.HI/c1-26-25(29-10-9-18-13-22(31-2)23(32-3)14-19(18)16-29)27-15-17-6-4-7-20(12-17)28-24(30)21-8-5-11-33-21;/h4-8,11-14H,9-10,15-16H2,1-3H3,(H,26,27)(H,28,30);1H. The van der Waals surface area contributed by atoms with Gasteiger partial charge in [-0.15, -0.1) is 24.0 Å². The van der Waals surface area contributed by atoms with Gasteiger partial charge < -0.3 is 29.4 Å². The number of carbonyl (C=O) groups is 1. The fraction of sp³-hybridized carbons (Fsp3) is 0.280. The number of aliphatic imine (C=N–C) groups is 1. The van der Waals surface area contributed by atoms with Crippen LogP contribution >= 0.6 is 24.0 Å². The molecule has 1 aromatic heterocycles. The summed E-state index contributed by atoms with van der Waals surface area (Å²) < 4.78 is 16.1. The molecule has 8 nitrogen and oxygen atoms in total. The first-order chi connectivity index (χ1) is 16.1. The molecule has 2 heterocycles. The Morgan fingerprint density at radius 3 is 2.53 bits per heavy atom. The third-order valence-electron chi connectivity index (χ3n) is 5.61. The van der Waals surface area contributed by atoms with Crippen LogP contribution in [0.3, 0.4) is 0 Å². The highest BCUT2D eigenvalue weighted by molar-refractivity contribution is 14.0. The first-order valence-electron chi connectivity index (χ1n) is 10.7. The Balaban J connectivity index is 0.00000324. The molecule has 2 aromatic carbocycles. The lowest BCUT2D eigenvalue weighted by Gasteiger charge is -2.32. The first-order valence-corrected chi connectivity index (χ1v) is 10.7. The molecule has 0 spiro atoms. The highest BCUT2D eigenvalue weighted by atomic mass is 127. The number of methoxy groups -OCH3 is 2. The maximum atomic E-state index is 12.2. The molecule has 0 aliphatic carbocycles. The molecule has 0 radical (unpaired) electrons. The van der Waals surface area contributed by atoms with Crippen molar-refractivity contribution in [2.45, 2.75) is 19.5 Å². The minimum absolute atomic E-state index is 0. The number of nitrogens with one attached hydrogen (secondary N) is 2. The van der Waals surface area contributed by atoms with Crippen molar-refractivity contribution >= 4 is 41.5 Å². The summed E-state index contributed by atoms with van der Waals surface area (Å²) >= 11 is 0. The summed E-state index contributed by atoms with van der Waals surface area (Å²) in [5, 5.41) is 6.29. The van der Waals surface area contributed by atoms with Crippen LogP contribution in [0.15, 0.2) is 64.2 Å². The lowest BCUT2D eigenvalue weighted by atomic mass is 9.99. The Labute approximate surface area is 216 Å². The topological polar surface area (TPSA) is 88.3 Å². The Hall–Kier alpha value is -3.21. The van der Waals surface area contributed by atoms with Crippen molar-refractivity contribution in [2.75, 3.05) is 33.1 Å². The number of hydrogen-bond acceptors (Lipinski definition) is 5. The Kier molecular flexibility index (Phi) is 8.80. The number of ether oxygens (including phenoxy) is 2. The van der Waals surface area contributed by atoms with E-state index in [1.54, 1.807) is 33.4 Å². The minimum atomic E-state index is -0.278. The molecule has 34 heavy (non-hydrogen) atoms. The molecule has 2 N–H and O–H groups in total. The van der Waals surface area contributed by atoms with Gasteiger partial charge in [0.25, 0.3) is 5.91 Å². The van der Waals surface area contributed by atoms with Gasteiger partial charge in [-0.2, -0.15) is 0 Å². The number of fused-ring (bicyclic) bond motifs is 1. The molecule has 180 valence electrons. The van der Waals surface area contributed by atoms with Gasteiger partial charge in [0.1, 0.15) is 0 Å². The number of halogens is 1. The van der Waals surface area contributed by atoms with Crippen molar-refractivity contribution in [1.82, 2.24) is 10.2 Å². The van der Waals surface area contributed by atoms with Crippen LogP contribution in [-0.4, -0.2) is 44.6 Å². The predicted molar refractivity (Wildman–Crippen MR) is 142 cm³/mol. The molecule has 0 saturated carbocycles. The number of amides is 1. The van der Waals surface area contributed by atoms with Gasteiger partial charge in [0.15, 0.2) is 23.2 Å². The fourth-order valence-electron chi connectivity index (χ4n) is 3.94. The lowest BCUT2D eigenvalue weighted by Crippen LogP contribution is -2.43.